The van der Waals surface area contributed by atoms with Crippen LogP contribution in [0.4, 0.5) is 5.69 Å². The van der Waals surface area contributed by atoms with Crippen molar-refractivity contribution in [1.29, 1.82) is 0 Å². The van der Waals surface area contributed by atoms with E-state index in [1.165, 1.54) is 0 Å². The van der Waals surface area contributed by atoms with Gasteiger partial charge in [0.05, 0.1) is 6.61 Å². The predicted molar refractivity (Wildman–Crippen MR) is 106 cm³/mol. The van der Waals surface area contributed by atoms with Gasteiger partial charge in [0.25, 0.3) is 0 Å². The second-order valence-corrected chi connectivity index (χ2v) is 6.93. The zero-order valence-corrected chi connectivity index (χ0v) is 16.1. The average molecular weight is 383 g/mol. The molecule has 1 saturated heterocycles. The number of aryl methyl sites for hydroxylation is 1. The number of benzene rings is 2. The van der Waals surface area contributed by atoms with E-state index >= 15 is 0 Å². The molecular weight excluding hydrogens is 358 g/mol. The minimum Gasteiger partial charge on any atom is -0.494 e. The van der Waals surface area contributed by atoms with Gasteiger partial charge in [-0.3, -0.25) is 4.79 Å². The van der Waals surface area contributed by atoms with E-state index in [0.717, 1.165) is 28.3 Å². The van der Waals surface area contributed by atoms with Crippen molar-refractivity contribution in [3.63, 3.8) is 0 Å². The topological polar surface area (TPSA) is 80.9 Å². The number of carbonyl (C=O) groups excluding carboxylic acids is 1. The number of hydrogen-bond donors (Lipinski definition) is 3. The fraction of sp³-hybridized carbons (Fsp3) is 0.381. The monoisotopic (exact) mass is 383 g/mol. The lowest BCUT2D eigenvalue weighted by Crippen LogP contribution is -2.39. The van der Waals surface area contributed by atoms with Crippen LogP contribution in [0.1, 0.15) is 30.5 Å². The van der Waals surface area contributed by atoms with Crippen LogP contribution in [0, 0.1) is 6.92 Å². The molecule has 148 valence electrons. The van der Waals surface area contributed by atoms with Gasteiger partial charge >= 0.3 is 0 Å². The lowest BCUT2D eigenvalue weighted by Gasteiger charge is -2.21. The van der Waals surface area contributed by atoms with Gasteiger partial charge in [-0.1, -0.05) is 12.1 Å². The van der Waals surface area contributed by atoms with Crippen molar-refractivity contribution in [2.45, 2.75) is 32.4 Å². The standard InChI is InChI=1S/C21H25N3O4/c1-3-26-15-6-4-14(5-7-15)17-11-18(24-23-17)21(25)22-16-12-20-19(10-13(16)2)27-8-9-28-20/h4-7,10,12,17-18,23-24H,3,8-9,11H2,1-2H3,(H,22,25). The minimum absolute atomic E-state index is 0.0628. The molecular formula is C21H25N3O4. The molecule has 0 spiro atoms. The Hall–Kier alpha value is -2.77. The van der Waals surface area contributed by atoms with E-state index in [9.17, 15) is 4.79 Å². The molecule has 7 nitrogen and oxygen atoms in total. The predicted octanol–water partition coefficient (Wildman–Crippen LogP) is 2.71. The number of carbonyl (C=O) groups is 1. The van der Waals surface area contributed by atoms with Crippen molar-refractivity contribution in [3.8, 4) is 17.2 Å². The minimum atomic E-state index is -0.329. The van der Waals surface area contributed by atoms with Crippen molar-refractivity contribution in [1.82, 2.24) is 10.9 Å². The smallest absolute Gasteiger partial charge is 0.242 e. The summed E-state index contributed by atoms with van der Waals surface area (Å²) in [6, 6.07) is 11.4. The summed E-state index contributed by atoms with van der Waals surface area (Å²) in [5, 5.41) is 3.00. The summed E-state index contributed by atoms with van der Waals surface area (Å²) in [6.45, 7) is 5.61. The largest absolute Gasteiger partial charge is 0.494 e. The van der Waals surface area contributed by atoms with Gasteiger partial charge < -0.3 is 19.5 Å². The van der Waals surface area contributed by atoms with Gasteiger partial charge in [-0.15, -0.1) is 0 Å². The Labute approximate surface area is 164 Å². The lowest BCUT2D eigenvalue weighted by molar-refractivity contribution is -0.117. The molecule has 0 aromatic heterocycles. The van der Waals surface area contributed by atoms with Crippen LogP contribution in [0.15, 0.2) is 36.4 Å². The Morgan fingerprint density at radius 2 is 1.86 bits per heavy atom. The molecule has 2 aromatic carbocycles. The molecule has 2 atom stereocenters. The van der Waals surface area contributed by atoms with E-state index in [-0.39, 0.29) is 18.0 Å². The number of hydrogen-bond acceptors (Lipinski definition) is 6. The van der Waals surface area contributed by atoms with Gasteiger partial charge in [-0.2, -0.15) is 0 Å². The van der Waals surface area contributed by atoms with Crippen LogP contribution in [0.3, 0.4) is 0 Å². The van der Waals surface area contributed by atoms with Crippen LogP contribution in [0.25, 0.3) is 0 Å². The number of hydrazine groups is 1. The average Bonchev–Trinajstić information content (AvgIpc) is 3.20. The summed E-state index contributed by atoms with van der Waals surface area (Å²) in [5.41, 5.74) is 9.09. The molecule has 0 radical (unpaired) electrons. The van der Waals surface area contributed by atoms with Gasteiger partial charge in [0, 0.05) is 17.8 Å². The van der Waals surface area contributed by atoms with Crippen LogP contribution in [0.2, 0.25) is 0 Å². The fourth-order valence-electron chi connectivity index (χ4n) is 3.45. The zero-order chi connectivity index (χ0) is 19.5. The second-order valence-electron chi connectivity index (χ2n) is 6.93. The lowest BCUT2D eigenvalue weighted by atomic mass is 10.0. The first-order chi connectivity index (χ1) is 13.6. The number of nitrogens with one attached hydrogen (secondary N) is 3. The molecule has 4 rings (SSSR count). The molecule has 1 amide bonds. The molecule has 7 heteroatoms. The Morgan fingerprint density at radius 1 is 1.14 bits per heavy atom. The van der Waals surface area contributed by atoms with Crippen molar-refractivity contribution >= 4 is 11.6 Å². The molecule has 2 unspecified atom stereocenters. The van der Waals surface area contributed by atoms with Crippen molar-refractivity contribution in [2.24, 2.45) is 0 Å². The van der Waals surface area contributed by atoms with E-state index in [2.05, 4.69) is 16.2 Å². The Bertz CT molecular complexity index is 853. The van der Waals surface area contributed by atoms with Crippen LogP contribution >= 0.6 is 0 Å². The van der Waals surface area contributed by atoms with Crippen LogP contribution in [0.5, 0.6) is 17.2 Å². The van der Waals surface area contributed by atoms with Gasteiger partial charge in [0.2, 0.25) is 5.91 Å². The maximum atomic E-state index is 12.7. The molecule has 0 bridgehead atoms. The molecule has 0 saturated carbocycles. The van der Waals surface area contributed by atoms with Crippen molar-refractivity contribution in [3.05, 3.63) is 47.5 Å². The number of ether oxygens (including phenoxy) is 3. The van der Waals surface area contributed by atoms with E-state index < -0.39 is 0 Å². The number of anilines is 1. The van der Waals surface area contributed by atoms with Crippen molar-refractivity contribution in [2.75, 3.05) is 25.1 Å². The number of rotatable bonds is 5. The summed E-state index contributed by atoms with van der Waals surface area (Å²) in [4.78, 5) is 12.7. The Balaban J connectivity index is 1.40. The summed E-state index contributed by atoms with van der Waals surface area (Å²) in [5.74, 6) is 2.15. The quantitative estimate of drug-likeness (QED) is 0.737. The number of amides is 1. The highest BCUT2D eigenvalue weighted by Crippen LogP contribution is 2.35. The van der Waals surface area contributed by atoms with E-state index in [1.807, 2.05) is 50.2 Å². The molecule has 2 aromatic rings. The van der Waals surface area contributed by atoms with Gasteiger partial charge in [-0.25, -0.2) is 10.9 Å². The molecule has 2 heterocycles. The highest BCUT2D eigenvalue weighted by Gasteiger charge is 2.30. The normalized spacial score (nSPS) is 20.6. The fourth-order valence-corrected chi connectivity index (χ4v) is 3.45. The molecule has 3 N–H and O–H groups in total. The Morgan fingerprint density at radius 3 is 2.57 bits per heavy atom. The summed E-state index contributed by atoms with van der Waals surface area (Å²) >= 11 is 0. The summed E-state index contributed by atoms with van der Waals surface area (Å²) in [7, 11) is 0. The third kappa shape index (κ3) is 3.90. The molecule has 1 fully saturated rings. The zero-order valence-electron chi connectivity index (χ0n) is 16.1. The van der Waals surface area contributed by atoms with Crippen LogP contribution in [-0.2, 0) is 4.79 Å². The Kier molecular flexibility index (Phi) is 5.36. The first-order valence-electron chi connectivity index (χ1n) is 9.59. The first kappa shape index (κ1) is 18.6. The molecule has 0 aliphatic carbocycles. The third-order valence-electron chi connectivity index (χ3n) is 4.96. The van der Waals surface area contributed by atoms with Gasteiger partial charge in [0.1, 0.15) is 25.0 Å². The molecule has 2 aliphatic heterocycles. The van der Waals surface area contributed by atoms with Gasteiger partial charge in [-0.05, 0) is 49.6 Å². The first-order valence-corrected chi connectivity index (χ1v) is 9.59. The SMILES string of the molecule is CCOc1ccc(C2CC(C(=O)Nc3cc4c(cc3C)OCCO4)NN2)cc1. The molecule has 28 heavy (non-hydrogen) atoms. The maximum absolute atomic E-state index is 12.7. The van der Waals surface area contributed by atoms with Gasteiger partial charge in [0.15, 0.2) is 11.5 Å². The van der Waals surface area contributed by atoms with E-state index in [1.54, 1.807) is 0 Å². The van der Waals surface area contributed by atoms with Crippen LogP contribution in [-0.4, -0.2) is 31.8 Å². The highest BCUT2D eigenvalue weighted by atomic mass is 16.6. The summed E-state index contributed by atoms with van der Waals surface area (Å²) < 4.78 is 16.7. The molecule has 2 aliphatic rings. The maximum Gasteiger partial charge on any atom is 0.242 e. The van der Waals surface area contributed by atoms with Crippen LogP contribution < -0.4 is 30.4 Å². The third-order valence-corrected chi connectivity index (χ3v) is 4.96. The summed E-state index contributed by atoms with van der Waals surface area (Å²) in [6.07, 6.45) is 0.656. The van der Waals surface area contributed by atoms with E-state index in [0.29, 0.717) is 32.0 Å². The highest BCUT2D eigenvalue weighted by molar-refractivity contribution is 5.96. The second kappa shape index (κ2) is 8.08. The van der Waals surface area contributed by atoms with E-state index in [4.69, 9.17) is 14.2 Å². The van der Waals surface area contributed by atoms with Crippen molar-refractivity contribution < 1.29 is 19.0 Å². The number of fused-ring (bicyclic) bond motifs is 1.